The molecule has 0 amide bonds. The van der Waals surface area contributed by atoms with Crippen LogP contribution in [-0.2, 0) is 0 Å². The number of benzene rings is 1. The maximum atomic E-state index is 13.5. The van der Waals surface area contributed by atoms with Crippen molar-refractivity contribution in [3.05, 3.63) is 29.6 Å². The highest BCUT2D eigenvalue weighted by atomic mass is 19.1. The van der Waals surface area contributed by atoms with Crippen LogP contribution in [-0.4, -0.2) is 24.1 Å². The topological polar surface area (TPSA) is 46.5 Å². The number of ether oxygens (including phenoxy) is 1. The molecule has 1 unspecified atom stereocenters. The van der Waals surface area contributed by atoms with Crippen LogP contribution in [0.2, 0.25) is 0 Å². The summed E-state index contributed by atoms with van der Waals surface area (Å²) in [4.78, 5) is 11.9. The minimum atomic E-state index is -0.550. The molecule has 0 saturated heterocycles. The molecule has 0 aliphatic rings. The van der Waals surface area contributed by atoms with Crippen LogP contribution in [0.5, 0.6) is 5.75 Å². The highest BCUT2D eigenvalue weighted by Crippen LogP contribution is 2.20. The van der Waals surface area contributed by atoms with Gasteiger partial charge in [0, 0.05) is 11.5 Å². The molecule has 0 spiro atoms. The Balaban J connectivity index is 2.93. The summed E-state index contributed by atoms with van der Waals surface area (Å²) >= 11 is 0. The molecule has 0 bridgehead atoms. The summed E-state index contributed by atoms with van der Waals surface area (Å²) in [6, 6.07) is 4.12. The molecule has 3 nitrogen and oxygen atoms in total. The normalized spacial score (nSPS) is 12.2. The van der Waals surface area contributed by atoms with E-state index in [1.807, 2.05) is 6.92 Å². The third-order valence-electron chi connectivity index (χ3n) is 2.60. The van der Waals surface area contributed by atoms with Gasteiger partial charge in [-0.1, -0.05) is 6.92 Å². The lowest BCUT2D eigenvalue weighted by Crippen LogP contribution is -2.18. The van der Waals surface area contributed by atoms with Crippen molar-refractivity contribution >= 4 is 5.78 Å². The summed E-state index contributed by atoms with van der Waals surface area (Å²) in [6.45, 7) is 3.73. The molecule has 0 saturated carbocycles. The molecule has 1 rings (SSSR count). The first-order valence-electron chi connectivity index (χ1n) is 5.71. The number of halogens is 1. The molecule has 94 valence electrons. The van der Waals surface area contributed by atoms with E-state index in [-0.39, 0.29) is 23.7 Å². The summed E-state index contributed by atoms with van der Waals surface area (Å²) in [5.74, 6) is -1.11. The number of aliphatic hydroxyl groups excluding tert-OH is 1. The third kappa shape index (κ3) is 3.27. The van der Waals surface area contributed by atoms with Gasteiger partial charge in [-0.2, -0.15) is 0 Å². The molecule has 1 aromatic rings. The molecule has 17 heavy (non-hydrogen) atoms. The second kappa shape index (κ2) is 6.35. The zero-order valence-electron chi connectivity index (χ0n) is 10.1. The number of ketones is 1. The van der Waals surface area contributed by atoms with E-state index in [2.05, 4.69) is 0 Å². The maximum Gasteiger partial charge on any atom is 0.168 e. The minimum Gasteiger partial charge on any atom is -0.491 e. The number of carbonyl (C=O) groups excluding carboxylic acids is 1. The van der Waals surface area contributed by atoms with Gasteiger partial charge in [-0.15, -0.1) is 0 Å². The second-order valence-corrected chi connectivity index (χ2v) is 3.73. The summed E-state index contributed by atoms with van der Waals surface area (Å²) in [7, 11) is 0. The summed E-state index contributed by atoms with van der Waals surface area (Å²) in [6.07, 6.45) is 0.532. The number of rotatable bonds is 6. The maximum absolute atomic E-state index is 13.5. The first-order chi connectivity index (χ1) is 8.13. The van der Waals surface area contributed by atoms with Crippen LogP contribution in [0.1, 0.15) is 30.6 Å². The molecule has 4 heteroatoms. The van der Waals surface area contributed by atoms with Crippen molar-refractivity contribution in [1.29, 1.82) is 0 Å². The first kappa shape index (κ1) is 13.6. The SMILES string of the molecule is CCOc1ccc(C(=O)C(CC)CO)cc1F. The molecular formula is C13H17FO3. The highest BCUT2D eigenvalue weighted by Gasteiger charge is 2.18. The number of hydrogen-bond acceptors (Lipinski definition) is 3. The van der Waals surface area contributed by atoms with Gasteiger partial charge in [0.2, 0.25) is 0 Å². The quantitative estimate of drug-likeness (QED) is 0.777. The fraction of sp³-hybridized carbons (Fsp3) is 0.462. The summed E-state index contributed by atoms with van der Waals surface area (Å²) in [5, 5.41) is 9.03. The smallest absolute Gasteiger partial charge is 0.168 e. The van der Waals surface area contributed by atoms with Crippen molar-refractivity contribution in [2.45, 2.75) is 20.3 Å². The Morgan fingerprint density at radius 3 is 2.65 bits per heavy atom. The van der Waals surface area contributed by atoms with E-state index < -0.39 is 11.7 Å². The van der Waals surface area contributed by atoms with Crippen LogP contribution in [0.25, 0.3) is 0 Å². The van der Waals surface area contributed by atoms with Gasteiger partial charge in [0.1, 0.15) is 0 Å². The van der Waals surface area contributed by atoms with E-state index in [4.69, 9.17) is 9.84 Å². The standard InChI is InChI=1S/C13H17FO3/c1-3-9(8-15)13(16)10-5-6-12(17-4-2)11(14)7-10/h5-7,9,15H,3-4,8H2,1-2H3. The van der Waals surface area contributed by atoms with Gasteiger partial charge in [-0.3, -0.25) is 4.79 Å². The molecule has 1 aromatic carbocycles. The fourth-order valence-electron chi connectivity index (χ4n) is 1.56. The zero-order valence-corrected chi connectivity index (χ0v) is 10.1. The van der Waals surface area contributed by atoms with Crippen LogP contribution >= 0.6 is 0 Å². The predicted octanol–water partition coefficient (Wildman–Crippen LogP) is 2.43. The van der Waals surface area contributed by atoms with E-state index in [9.17, 15) is 9.18 Å². The van der Waals surface area contributed by atoms with Crippen molar-refractivity contribution in [3.63, 3.8) is 0 Å². The van der Waals surface area contributed by atoms with E-state index >= 15 is 0 Å². The van der Waals surface area contributed by atoms with Crippen LogP contribution in [0.3, 0.4) is 0 Å². The molecule has 1 N–H and O–H groups in total. The Hall–Kier alpha value is -1.42. The first-order valence-corrected chi connectivity index (χ1v) is 5.71. The average Bonchev–Trinajstić information content (AvgIpc) is 2.33. The zero-order chi connectivity index (χ0) is 12.8. The Morgan fingerprint density at radius 1 is 1.47 bits per heavy atom. The van der Waals surface area contributed by atoms with Crippen LogP contribution in [0, 0.1) is 11.7 Å². The molecule has 0 aliphatic carbocycles. The third-order valence-corrected chi connectivity index (χ3v) is 2.60. The fourth-order valence-corrected chi connectivity index (χ4v) is 1.56. The van der Waals surface area contributed by atoms with Gasteiger partial charge in [0.15, 0.2) is 17.3 Å². The van der Waals surface area contributed by atoms with E-state index in [0.29, 0.717) is 13.0 Å². The van der Waals surface area contributed by atoms with E-state index in [0.717, 1.165) is 6.07 Å². The van der Waals surface area contributed by atoms with Gasteiger partial charge in [-0.05, 0) is 31.5 Å². The number of Topliss-reactive ketones (excluding diaryl/α,β-unsaturated/α-hetero) is 1. The lowest BCUT2D eigenvalue weighted by atomic mass is 9.96. The van der Waals surface area contributed by atoms with E-state index in [1.165, 1.54) is 12.1 Å². The van der Waals surface area contributed by atoms with Gasteiger partial charge >= 0.3 is 0 Å². The Bertz CT molecular complexity index is 386. The minimum absolute atomic E-state index is 0.140. The largest absolute Gasteiger partial charge is 0.491 e. The number of aliphatic hydroxyl groups is 1. The molecule has 0 heterocycles. The van der Waals surface area contributed by atoms with Gasteiger partial charge in [0.05, 0.1) is 13.2 Å². The summed E-state index contributed by atoms with van der Waals surface area (Å²) in [5.41, 5.74) is 0.270. The molecule has 0 aromatic heterocycles. The molecule has 0 aliphatic heterocycles. The average molecular weight is 240 g/mol. The Labute approximate surface area is 100 Å². The molecule has 0 radical (unpaired) electrons. The lowest BCUT2D eigenvalue weighted by molar-refractivity contribution is 0.0856. The van der Waals surface area contributed by atoms with E-state index in [1.54, 1.807) is 6.92 Å². The predicted molar refractivity (Wildman–Crippen MR) is 62.8 cm³/mol. The molecule has 1 atom stereocenters. The van der Waals surface area contributed by atoms with Crippen LogP contribution in [0.15, 0.2) is 18.2 Å². The molecule has 0 fully saturated rings. The van der Waals surface area contributed by atoms with Gasteiger partial charge < -0.3 is 9.84 Å². The van der Waals surface area contributed by atoms with Crippen molar-refractivity contribution in [3.8, 4) is 5.75 Å². The second-order valence-electron chi connectivity index (χ2n) is 3.73. The van der Waals surface area contributed by atoms with Crippen LogP contribution in [0.4, 0.5) is 4.39 Å². The Morgan fingerprint density at radius 2 is 2.18 bits per heavy atom. The monoisotopic (exact) mass is 240 g/mol. The lowest BCUT2D eigenvalue weighted by Gasteiger charge is -2.11. The van der Waals surface area contributed by atoms with Gasteiger partial charge in [-0.25, -0.2) is 4.39 Å². The van der Waals surface area contributed by atoms with Crippen LogP contribution < -0.4 is 4.74 Å². The number of hydrogen-bond donors (Lipinski definition) is 1. The summed E-state index contributed by atoms with van der Waals surface area (Å²) < 4.78 is 18.6. The van der Waals surface area contributed by atoms with Crippen molar-refractivity contribution < 1.29 is 19.0 Å². The van der Waals surface area contributed by atoms with Crippen molar-refractivity contribution in [2.75, 3.05) is 13.2 Å². The molecular weight excluding hydrogens is 223 g/mol. The van der Waals surface area contributed by atoms with Crippen molar-refractivity contribution in [1.82, 2.24) is 0 Å². The van der Waals surface area contributed by atoms with Gasteiger partial charge in [0.25, 0.3) is 0 Å². The number of carbonyl (C=O) groups is 1. The van der Waals surface area contributed by atoms with Crippen molar-refractivity contribution in [2.24, 2.45) is 5.92 Å². The highest BCUT2D eigenvalue weighted by molar-refractivity contribution is 5.98. The Kier molecular flexibility index (Phi) is 5.10.